The zero-order chi connectivity index (χ0) is 30.1. The van der Waals surface area contributed by atoms with Gasteiger partial charge in [0, 0.05) is 73.9 Å². The number of anilines is 2. The lowest BCUT2D eigenvalue weighted by Gasteiger charge is -2.28. The lowest BCUT2D eigenvalue weighted by Crippen LogP contribution is -2.41. The van der Waals surface area contributed by atoms with Gasteiger partial charge in [-0.25, -0.2) is 19.2 Å². The molecule has 0 unspecified atom stereocenters. The molecule has 0 fully saturated rings. The molecule has 0 saturated heterocycles. The number of aromatic amines is 1. The second kappa shape index (κ2) is 11.6. The largest absolute Gasteiger partial charge is 0.372 e. The topological polar surface area (TPSA) is 97.5 Å². The highest BCUT2D eigenvalue weighted by molar-refractivity contribution is 6.05. The van der Waals surface area contributed by atoms with Gasteiger partial charge in [-0.05, 0) is 80.8 Å². The summed E-state index contributed by atoms with van der Waals surface area (Å²) in [6, 6.07) is 12.4. The first kappa shape index (κ1) is 28.8. The predicted octanol–water partition coefficient (Wildman–Crippen LogP) is 5.94. The van der Waals surface area contributed by atoms with Crippen LogP contribution in [-0.4, -0.2) is 77.0 Å². The Morgan fingerprint density at radius 3 is 2.45 bits per heavy atom. The summed E-state index contributed by atoms with van der Waals surface area (Å²) >= 11 is 0. The van der Waals surface area contributed by atoms with Crippen LogP contribution in [0, 0.1) is 12.7 Å². The van der Waals surface area contributed by atoms with Gasteiger partial charge in [-0.2, -0.15) is 0 Å². The van der Waals surface area contributed by atoms with Gasteiger partial charge >= 0.3 is 6.03 Å². The maximum absolute atomic E-state index is 15.0. The van der Waals surface area contributed by atoms with Crippen molar-refractivity contribution in [1.82, 2.24) is 24.8 Å². The number of halogens is 1. The number of hydrogen-bond acceptors (Lipinski definition) is 5. The predicted molar refractivity (Wildman–Crippen MR) is 165 cm³/mol. The number of nitrogens with zero attached hydrogens (tertiary/aromatic N) is 5. The summed E-state index contributed by atoms with van der Waals surface area (Å²) in [5, 5.41) is 3.63. The zero-order valence-corrected chi connectivity index (χ0v) is 24.8. The number of amides is 3. The van der Waals surface area contributed by atoms with Crippen molar-refractivity contribution < 1.29 is 14.0 Å². The molecular formula is C32H36FN7O2. The molecule has 9 nitrogen and oxygen atoms in total. The standard InChI is InChI=1S/C32H36FN7O2/c1-19(2)39(6)24-9-7-22(8-10-24)31(41)37-27-16-23(33)15-25(20(27)3)29-26-17-28(36-30(26)35-18-34-29)21-11-13-40(14-12-21)32(42)38(4)5/h7-11,15-19H,12-14H2,1-6H3,(H,37,41)(H,34,35,36). The molecule has 4 aromatic rings. The number of carbonyl (C=O) groups excluding carboxylic acids is 2. The Labute approximate surface area is 245 Å². The van der Waals surface area contributed by atoms with E-state index >= 15 is 0 Å². The van der Waals surface area contributed by atoms with E-state index < -0.39 is 5.82 Å². The second-order valence-electron chi connectivity index (χ2n) is 11.1. The number of nitrogens with one attached hydrogen (secondary N) is 2. The van der Waals surface area contributed by atoms with E-state index in [1.807, 2.05) is 38.2 Å². The summed E-state index contributed by atoms with van der Waals surface area (Å²) in [5.41, 5.74) is 6.28. The van der Waals surface area contributed by atoms with Gasteiger partial charge < -0.3 is 25.0 Å². The third-order valence-electron chi connectivity index (χ3n) is 7.82. The van der Waals surface area contributed by atoms with E-state index in [2.05, 4.69) is 39.0 Å². The summed E-state index contributed by atoms with van der Waals surface area (Å²) in [6.45, 7) is 7.16. The molecule has 0 atom stereocenters. The lowest BCUT2D eigenvalue weighted by molar-refractivity contribution is 0.102. The third-order valence-corrected chi connectivity index (χ3v) is 7.82. The molecule has 218 valence electrons. The Kier molecular flexibility index (Phi) is 7.98. The molecule has 1 aliphatic heterocycles. The van der Waals surface area contributed by atoms with Crippen LogP contribution >= 0.6 is 0 Å². The van der Waals surface area contributed by atoms with E-state index in [0.29, 0.717) is 59.3 Å². The molecule has 3 heterocycles. The van der Waals surface area contributed by atoms with Crippen molar-refractivity contribution in [1.29, 1.82) is 0 Å². The molecule has 0 aliphatic carbocycles. The minimum absolute atomic E-state index is 0.0182. The molecule has 2 N–H and O–H groups in total. The molecule has 3 amide bonds. The van der Waals surface area contributed by atoms with Crippen LogP contribution < -0.4 is 10.2 Å². The van der Waals surface area contributed by atoms with Crippen molar-refractivity contribution in [2.45, 2.75) is 33.2 Å². The monoisotopic (exact) mass is 569 g/mol. The zero-order valence-electron chi connectivity index (χ0n) is 24.8. The van der Waals surface area contributed by atoms with Crippen LogP contribution in [-0.2, 0) is 0 Å². The summed E-state index contributed by atoms with van der Waals surface area (Å²) in [7, 11) is 5.49. The molecule has 0 bridgehead atoms. The maximum atomic E-state index is 15.0. The molecular weight excluding hydrogens is 533 g/mol. The van der Waals surface area contributed by atoms with Gasteiger partial charge in [-0.1, -0.05) is 6.08 Å². The highest BCUT2D eigenvalue weighted by Crippen LogP contribution is 2.35. The molecule has 0 radical (unpaired) electrons. The molecule has 10 heteroatoms. The fraction of sp³-hybridized carbons (Fsp3) is 0.312. The molecule has 2 aromatic carbocycles. The van der Waals surface area contributed by atoms with Crippen molar-refractivity contribution in [2.24, 2.45) is 0 Å². The van der Waals surface area contributed by atoms with Gasteiger partial charge in [0.2, 0.25) is 0 Å². The minimum atomic E-state index is -0.483. The van der Waals surface area contributed by atoms with Crippen molar-refractivity contribution in [3.8, 4) is 11.3 Å². The first-order valence-corrected chi connectivity index (χ1v) is 14.0. The Hall–Kier alpha value is -4.73. The SMILES string of the molecule is Cc1c(NC(=O)c2ccc(N(C)C(C)C)cc2)cc(F)cc1-c1ncnc2[nH]c(C3=CCN(C(=O)N(C)C)CC3)cc12. The van der Waals surface area contributed by atoms with Gasteiger partial charge in [0.15, 0.2) is 0 Å². The average molecular weight is 570 g/mol. The first-order chi connectivity index (χ1) is 20.0. The molecule has 2 aromatic heterocycles. The van der Waals surface area contributed by atoms with Crippen molar-refractivity contribution in [2.75, 3.05) is 44.4 Å². The van der Waals surface area contributed by atoms with E-state index in [9.17, 15) is 14.0 Å². The molecule has 1 aliphatic rings. The summed E-state index contributed by atoms with van der Waals surface area (Å²) in [5.74, 6) is -0.806. The third kappa shape index (κ3) is 5.70. The van der Waals surface area contributed by atoms with Crippen molar-refractivity contribution in [3.05, 3.63) is 77.5 Å². The Balaban J connectivity index is 1.43. The molecule has 42 heavy (non-hydrogen) atoms. The number of aromatic nitrogens is 3. The molecule has 0 saturated carbocycles. The van der Waals surface area contributed by atoms with E-state index in [0.717, 1.165) is 22.3 Å². The van der Waals surface area contributed by atoms with Crippen LogP contribution in [0.4, 0.5) is 20.6 Å². The second-order valence-corrected chi connectivity index (χ2v) is 11.1. The van der Waals surface area contributed by atoms with Gasteiger partial charge in [-0.15, -0.1) is 0 Å². The van der Waals surface area contributed by atoms with Crippen LogP contribution in [0.15, 0.2) is 54.9 Å². The van der Waals surface area contributed by atoms with Gasteiger partial charge in [-0.3, -0.25) is 4.79 Å². The van der Waals surface area contributed by atoms with Crippen LogP contribution in [0.5, 0.6) is 0 Å². The van der Waals surface area contributed by atoms with E-state index in [1.54, 1.807) is 36.0 Å². The normalized spacial score (nSPS) is 13.3. The first-order valence-electron chi connectivity index (χ1n) is 14.0. The quantitative estimate of drug-likeness (QED) is 0.300. The van der Waals surface area contributed by atoms with Crippen molar-refractivity contribution >= 4 is 39.9 Å². The summed E-state index contributed by atoms with van der Waals surface area (Å²) in [4.78, 5) is 43.2. The van der Waals surface area contributed by atoms with Gasteiger partial charge in [0.25, 0.3) is 5.91 Å². The van der Waals surface area contributed by atoms with Gasteiger partial charge in [0.05, 0.1) is 5.69 Å². The lowest BCUT2D eigenvalue weighted by atomic mass is 10.00. The Morgan fingerprint density at radius 1 is 1.07 bits per heavy atom. The van der Waals surface area contributed by atoms with Crippen LogP contribution in [0.1, 0.15) is 41.9 Å². The number of fused-ring (bicyclic) bond motifs is 1. The van der Waals surface area contributed by atoms with Gasteiger partial charge in [0.1, 0.15) is 17.8 Å². The van der Waals surface area contributed by atoms with E-state index in [-0.39, 0.29) is 11.9 Å². The number of H-pyrrole nitrogens is 1. The van der Waals surface area contributed by atoms with Crippen LogP contribution in [0.2, 0.25) is 0 Å². The highest BCUT2D eigenvalue weighted by atomic mass is 19.1. The van der Waals surface area contributed by atoms with Crippen LogP contribution in [0.25, 0.3) is 27.9 Å². The average Bonchev–Trinajstić information content (AvgIpc) is 3.43. The fourth-order valence-electron chi connectivity index (χ4n) is 5.09. The fourth-order valence-corrected chi connectivity index (χ4v) is 5.09. The summed E-state index contributed by atoms with van der Waals surface area (Å²) < 4.78 is 15.0. The highest BCUT2D eigenvalue weighted by Gasteiger charge is 2.22. The number of carbonyl (C=O) groups is 2. The minimum Gasteiger partial charge on any atom is -0.372 e. The van der Waals surface area contributed by atoms with Crippen LogP contribution in [0.3, 0.4) is 0 Å². The molecule has 0 spiro atoms. The number of urea groups is 1. The van der Waals surface area contributed by atoms with Crippen molar-refractivity contribution in [3.63, 3.8) is 0 Å². The molecule has 5 rings (SSSR count). The van der Waals surface area contributed by atoms with E-state index in [4.69, 9.17) is 0 Å². The smallest absolute Gasteiger partial charge is 0.319 e. The van der Waals surface area contributed by atoms with E-state index in [1.165, 1.54) is 18.5 Å². The number of benzene rings is 2. The number of rotatable bonds is 6. The Bertz CT molecular complexity index is 1670. The Morgan fingerprint density at radius 2 is 1.81 bits per heavy atom. The maximum Gasteiger partial charge on any atom is 0.319 e. The number of hydrogen-bond donors (Lipinski definition) is 2. The summed E-state index contributed by atoms with van der Waals surface area (Å²) in [6.07, 6.45) is 4.18.